The molecular formula is C25H20N6O5. The second-order valence-corrected chi connectivity index (χ2v) is 7.63. The van der Waals surface area contributed by atoms with Gasteiger partial charge in [0.25, 0.3) is 11.5 Å². The van der Waals surface area contributed by atoms with E-state index in [0.717, 1.165) is 0 Å². The van der Waals surface area contributed by atoms with E-state index in [1.54, 1.807) is 79.6 Å². The summed E-state index contributed by atoms with van der Waals surface area (Å²) in [6.07, 6.45) is 1.47. The number of H-pyrrole nitrogens is 1. The third-order valence-electron chi connectivity index (χ3n) is 5.48. The minimum Gasteiger partial charge on any atom is -0.506 e. The van der Waals surface area contributed by atoms with Gasteiger partial charge in [-0.3, -0.25) is 14.9 Å². The standard InChI is InChI=1S/C25H20N6O5/c1-35-16-9-5-14(6-10-16)22-28-25(30-31(22)15-7-11-17(36-2)12-8-15)29-24(34)19-20(32)18-4-3-13-26-21(18)27-23(19)33/h3-13H,1-2H3,(H,29,30,34)(H2,26,27,32,33). The van der Waals surface area contributed by atoms with Crippen LogP contribution >= 0.6 is 0 Å². The zero-order valence-corrected chi connectivity index (χ0v) is 19.2. The first-order valence-corrected chi connectivity index (χ1v) is 10.8. The summed E-state index contributed by atoms with van der Waals surface area (Å²) in [7, 11) is 3.14. The summed E-state index contributed by atoms with van der Waals surface area (Å²) >= 11 is 0. The molecule has 11 nitrogen and oxygen atoms in total. The number of ether oxygens (including phenoxy) is 2. The Kier molecular flexibility index (Phi) is 5.79. The van der Waals surface area contributed by atoms with Crippen molar-refractivity contribution in [2.45, 2.75) is 0 Å². The van der Waals surface area contributed by atoms with Crippen molar-refractivity contribution >= 4 is 22.9 Å². The summed E-state index contributed by atoms with van der Waals surface area (Å²) in [6, 6.07) is 17.4. The summed E-state index contributed by atoms with van der Waals surface area (Å²) in [4.78, 5) is 36.5. The number of hydrogen-bond acceptors (Lipinski definition) is 8. The van der Waals surface area contributed by atoms with Crippen molar-refractivity contribution in [2.75, 3.05) is 19.5 Å². The average Bonchev–Trinajstić information content (AvgIpc) is 3.32. The Morgan fingerprint density at radius 2 is 1.67 bits per heavy atom. The number of benzene rings is 2. The fraction of sp³-hybridized carbons (Fsp3) is 0.0800. The first-order valence-electron chi connectivity index (χ1n) is 10.8. The predicted octanol–water partition coefficient (Wildman–Crippen LogP) is 3.15. The zero-order chi connectivity index (χ0) is 25.2. The number of hydrogen-bond donors (Lipinski definition) is 3. The van der Waals surface area contributed by atoms with Crippen molar-refractivity contribution in [3.8, 4) is 34.3 Å². The Morgan fingerprint density at radius 1 is 1.00 bits per heavy atom. The van der Waals surface area contributed by atoms with Crippen molar-refractivity contribution in [1.82, 2.24) is 24.7 Å². The highest BCUT2D eigenvalue weighted by Crippen LogP contribution is 2.27. The van der Waals surface area contributed by atoms with E-state index in [1.165, 1.54) is 6.20 Å². The molecule has 180 valence electrons. The Morgan fingerprint density at radius 3 is 2.33 bits per heavy atom. The SMILES string of the molecule is COc1ccc(-c2nc(NC(=O)c3c(O)c4cccnc4[nH]c3=O)nn2-c2ccc(OC)cc2)cc1. The molecule has 1 amide bonds. The lowest BCUT2D eigenvalue weighted by Crippen LogP contribution is -2.24. The maximum Gasteiger partial charge on any atom is 0.267 e. The number of aromatic amines is 1. The van der Waals surface area contributed by atoms with Gasteiger partial charge < -0.3 is 19.6 Å². The highest BCUT2D eigenvalue weighted by atomic mass is 16.5. The summed E-state index contributed by atoms with van der Waals surface area (Å²) in [5.74, 6) is 0.352. The van der Waals surface area contributed by atoms with Gasteiger partial charge in [-0.2, -0.15) is 4.98 Å². The number of nitrogens with one attached hydrogen (secondary N) is 2. The quantitative estimate of drug-likeness (QED) is 0.333. The molecule has 3 aromatic heterocycles. The highest BCUT2D eigenvalue weighted by Gasteiger charge is 2.22. The van der Waals surface area contributed by atoms with E-state index in [9.17, 15) is 14.7 Å². The molecule has 0 aliphatic rings. The third-order valence-corrected chi connectivity index (χ3v) is 5.48. The van der Waals surface area contributed by atoms with E-state index in [0.29, 0.717) is 28.6 Å². The van der Waals surface area contributed by atoms with E-state index in [1.807, 2.05) is 0 Å². The molecule has 0 spiro atoms. The molecule has 5 aromatic rings. The normalized spacial score (nSPS) is 10.8. The van der Waals surface area contributed by atoms with Gasteiger partial charge >= 0.3 is 0 Å². The lowest BCUT2D eigenvalue weighted by atomic mass is 10.1. The lowest BCUT2D eigenvalue weighted by molar-refractivity contribution is 0.102. The van der Waals surface area contributed by atoms with E-state index in [4.69, 9.17) is 9.47 Å². The summed E-state index contributed by atoms with van der Waals surface area (Å²) < 4.78 is 12.0. The molecule has 0 radical (unpaired) electrons. The fourth-order valence-electron chi connectivity index (χ4n) is 3.68. The van der Waals surface area contributed by atoms with Crippen LogP contribution in [0.3, 0.4) is 0 Å². The van der Waals surface area contributed by atoms with Crippen LogP contribution in [0, 0.1) is 0 Å². The molecule has 0 aliphatic carbocycles. The Labute approximate surface area is 204 Å². The van der Waals surface area contributed by atoms with E-state index in [-0.39, 0.29) is 17.0 Å². The number of aromatic nitrogens is 5. The van der Waals surface area contributed by atoms with Gasteiger partial charge in [-0.15, -0.1) is 5.10 Å². The summed E-state index contributed by atoms with van der Waals surface area (Å²) in [5, 5.41) is 17.8. The number of nitrogens with zero attached hydrogens (tertiary/aromatic N) is 4. The molecule has 0 unspecified atom stereocenters. The maximum atomic E-state index is 13.0. The van der Waals surface area contributed by atoms with Crippen LogP contribution in [-0.4, -0.2) is 50.0 Å². The largest absolute Gasteiger partial charge is 0.506 e. The molecule has 0 fully saturated rings. The summed E-state index contributed by atoms with van der Waals surface area (Å²) in [6.45, 7) is 0. The van der Waals surface area contributed by atoms with Crippen molar-refractivity contribution < 1.29 is 19.4 Å². The van der Waals surface area contributed by atoms with Gasteiger partial charge in [-0.05, 0) is 60.7 Å². The fourth-order valence-corrected chi connectivity index (χ4v) is 3.68. The molecule has 0 saturated heterocycles. The second-order valence-electron chi connectivity index (χ2n) is 7.63. The molecule has 2 aromatic carbocycles. The van der Waals surface area contributed by atoms with Crippen molar-refractivity contribution in [3.05, 3.63) is 82.8 Å². The lowest BCUT2D eigenvalue weighted by Gasteiger charge is -2.07. The minimum absolute atomic E-state index is 0.0632. The molecule has 0 saturated carbocycles. The molecule has 5 rings (SSSR count). The van der Waals surface area contributed by atoms with Crippen LogP contribution in [0.4, 0.5) is 5.95 Å². The van der Waals surface area contributed by atoms with Gasteiger partial charge in [0, 0.05) is 11.8 Å². The molecule has 11 heteroatoms. The maximum absolute atomic E-state index is 13.0. The number of fused-ring (bicyclic) bond motifs is 1. The van der Waals surface area contributed by atoms with Crippen molar-refractivity contribution in [2.24, 2.45) is 0 Å². The molecule has 0 atom stereocenters. The molecule has 0 bridgehead atoms. The van der Waals surface area contributed by atoms with Crippen LogP contribution in [0.2, 0.25) is 0 Å². The first kappa shape index (κ1) is 22.6. The number of methoxy groups -OCH3 is 2. The average molecular weight is 484 g/mol. The molecular weight excluding hydrogens is 464 g/mol. The smallest absolute Gasteiger partial charge is 0.267 e. The van der Waals surface area contributed by atoms with Gasteiger partial charge in [0.2, 0.25) is 5.95 Å². The number of carbonyl (C=O) groups is 1. The van der Waals surface area contributed by atoms with Gasteiger partial charge in [0.15, 0.2) is 5.82 Å². The van der Waals surface area contributed by atoms with Gasteiger partial charge in [0.1, 0.15) is 28.5 Å². The molecule has 3 N–H and O–H groups in total. The Bertz CT molecular complexity index is 1560. The van der Waals surface area contributed by atoms with Gasteiger partial charge in [0.05, 0.1) is 25.3 Å². The topological polar surface area (TPSA) is 144 Å². The number of aromatic hydroxyl groups is 1. The molecule has 3 heterocycles. The zero-order valence-electron chi connectivity index (χ0n) is 19.2. The van der Waals surface area contributed by atoms with Crippen LogP contribution in [0.5, 0.6) is 17.2 Å². The molecule has 36 heavy (non-hydrogen) atoms. The van der Waals surface area contributed by atoms with E-state index >= 15 is 0 Å². The number of pyridine rings is 2. The second kappa shape index (κ2) is 9.22. The number of anilines is 1. The third kappa shape index (κ3) is 4.09. The van der Waals surface area contributed by atoms with Gasteiger partial charge in [-0.1, -0.05) is 0 Å². The van der Waals surface area contributed by atoms with Crippen molar-refractivity contribution in [1.29, 1.82) is 0 Å². The Balaban J connectivity index is 1.56. The number of rotatable bonds is 6. The van der Waals surface area contributed by atoms with E-state index in [2.05, 4.69) is 25.4 Å². The predicted molar refractivity (Wildman–Crippen MR) is 132 cm³/mol. The van der Waals surface area contributed by atoms with Crippen LogP contribution in [0.1, 0.15) is 10.4 Å². The van der Waals surface area contributed by atoms with Crippen LogP contribution in [0.15, 0.2) is 71.7 Å². The Hall–Kier alpha value is -5.19. The van der Waals surface area contributed by atoms with E-state index < -0.39 is 22.8 Å². The monoisotopic (exact) mass is 484 g/mol. The molecule has 0 aliphatic heterocycles. The van der Waals surface area contributed by atoms with Crippen LogP contribution in [0.25, 0.3) is 28.1 Å². The first-order chi connectivity index (χ1) is 17.5. The highest BCUT2D eigenvalue weighted by molar-refractivity contribution is 6.08. The summed E-state index contributed by atoms with van der Waals surface area (Å²) in [5.41, 5.74) is 0.271. The number of carbonyl (C=O) groups excluding carboxylic acids is 1. The van der Waals surface area contributed by atoms with Crippen LogP contribution < -0.4 is 20.3 Å². The van der Waals surface area contributed by atoms with Gasteiger partial charge in [-0.25, -0.2) is 9.67 Å². The minimum atomic E-state index is -0.868. The van der Waals surface area contributed by atoms with Crippen LogP contribution in [-0.2, 0) is 0 Å². The van der Waals surface area contributed by atoms with Crippen molar-refractivity contribution in [3.63, 3.8) is 0 Å². The number of amides is 1.